The van der Waals surface area contributed by atoms with Crippen molar-refractivity contribution in [1.82, 2.24) is 5.32 Å². The van der Waals surface area contributed by atoms with E-state index in [9.17, 15) is 0 Å². The first-order chi connectivity index (χ1) is 8.76. The van der Waals surface area contributed by atoms with Gasteiger partial charge in [0.05, 0.1) is 13.2 Å². The molecular weight excluding hydrogens is 246 g/mol. The van der Waals surface area contributed by atoms with Gasteiger partial charge in [-0.05, 0) is 30.8 Å². The van der Waals surface area contributed by atoms with Crippen molar-refractivity contribution in [3.05, 3.63) is 64.7 Å². The molecular formula is C15H16ClNO. The molecule has 0 spiro atoms. The first-order valence-corrected chi connectivity index (χ1v) is 6.19. The second-order valence-electron chi connectivity index (χ2n) is 4.02. The summed E-state index contributed by atoms with van der Waals surface area (Å²) in [7, 11) is 3.61. The summed E-state index contributed by atoms with van der Waals surface area (Å²) >= 11 is 6.05. The summed E-state index contributed by atoms with van der Waals surface area (Å²) in [5, 5.41) is 4.04. The van der Waals surface area contributed by atoms with Crippen LogP contribution in [0.4, 0.5) is 0 Å². The molecule has 0 amide bonds. The summed E-state index contributed by atoms with van der Waals surface area (Å²) in [5.41, 5.74) is 2.22. The number of ether oxygens (including phenoxy) is 1. The third kappa shape index (κ3) is 2.66. The molecule has 1 unspecified atom stereocenters. The summed E-state index contributed by atoms with van der Waals surface area (Å²) in [6.07, 6.45) is 0. The van der Waals surface area contributed by atoms with Crippen LogP contribution in [0.15, 0.2) is 48.5 Å². The minimum absolute atomic E-state index is 0.0693. The molecule has 0 aromatic heterocycles. The lowest BCUT2D eigenvalue weighted by atomic mass is 9.98. The largest absolute Gasteiger partial charge is 0.496 e. The molecule has 0 saturated carbocycles. The Kier molecular flexibility index (Phi) is 4.24. The molecule has 0 aliphatic carbocycles. The highest BCUT2D eigenvalue weighted by Crippen LogP contribution is 2.30. The van der Waals surface area contributed by atoms with Crippen LogP contribution in [-0.4, -0.2) is 14.2 Å². The van der Waals surface area contributed by atoms with Gasteiger partial charge in [0.1, 0.15) is 5.75 Å². The van der Waals surface area contributed by atoms with Crippen LogP contribution in [0.5, 0.6) is 5.75 Å². The third-order valence-corrected chi connectivity index (χ3v) is 3.16. The van der Waals surface area contributed by atoms with E-state index in [1.807, 2.05) is 43.4 Å². The van der Waals surface area contributed by atoms with Crippen LogP contribution in [0.1, 0.15) is 17.2 Å². The predicted octanol–water partition coefficient (Wildman–Crippen LogP) is 3.66. The minimum atomic E-state index is 0.0693. The molecule has 2 aromatic carbocycles. The van der Waals surface area contributed by atoms with Crippen LogP contribution in [0, 0.1) is 0 Å². The van der Waals surface area contributed by atoms with E-state index in [0.717, 1.165) is 21.9 Å². The molecule has 1 atom stereocenters. The monoisotopic (exact) mass is 261 g/mol. The number of hydrogen-bond donors (Lipinski definition) is 1. The molecule has 2 rings (SSSR count). The van der Waals surface area contributed by atoms with Gasteiger partial charge < -0.3 is 10.1 Å². The Morgan fingerprint density at radius 1 is 1.11 bits per heavy atom. The van der Waals surface area contributed by atoms with Crippen molar-refractivity contribution in [3.63, 3.8) is 0 Å². The molecule has 3 heteroatoms. The second kappa shape index (κ2) is 5.89. The van der Waals surface area contributed by atoms with Gasteiger partial charge in [0.25, 0.3) is 0 Å². The van der Waals surface area contributed by atoms with Crippen molar-refractivity contribution < 1.29 is 4.74 Å². The summed E-state index contributed by atoms with van der Waals surface area (Å²) < 4.78 is 5.41. The van der Waals surface area contributed by atoms with Gasteiger partial charge in [0.15, 0.2) is 0 Å². The lowest BCUT2D eigenvalue weighted by Crippen LogP contribution is -2.18. The topological polar surface area (TPSA) is 21.3 Å². The Morgan fingerprint density at radius 3 is 2.56 bits per heavy atom. The molecule has 2 nitrogen and oxygen atoms in total. The van der Waals surface area contributed by atoms with Crippen molar-refractivity contribution in [3.8, 4) is 5.75 Å². The number of methoxy groups -OCH3 is 1. The quantitative estimate of drug-likeness (QED) is 0.907. The van der Waals surface area contributed by atoms with Gasteiger partial charge in [-0.25, -0.2) is 0 Å². The zero-order chi connectivity index (χ0) is 13.0. The highest BCUT2D eigenvalue weighted by Gasteiger charge is 2.16. The SMILES string of the molecule is CNC(c1cccc(Cl)c1)c1ccccc1OC. The summed E-state index contributed by atoms with van der Waals surface area (Å²) in [6.45, 7) is 0. The van der Waals surface area contributed by atoms with E-state index in [1.54, 1.807) is 7.11 Å². The van der Waals surface area contributed by atoms with E-state index in [4.69, 9.17) is 16.3 Å². The Balaban J connectivity index is 2.45. The van der Waals surface area contributed by atoms with Crippen LogP contribution < -0.4 is 10.1 Å². The molecule has 0 aliphatic rings. The summed E-state index contributed by atoms with van der Waals surface area (Å²) in [4.78, 5) is 0. The van der Waals surface area contributed by atoms with Crippen LogP contribution in [0.25, 0.3) is 0 Å². The van der Waals surface area contributed by atoms with E-state index in [-0.39, 0.29) is 6.04 Å². The highest BCUT2D eigenvalue weighted by molar-refractivity contribution is 6.30. The number of halogens is 1. The Labute approximate surface area is 113 Å². The van der Waals surface area contributed by atoms with Crippen LogP contribution in [-0.2, 0) is 0 Å². The van der Waals surface area contributed by atoms with Gasteiger partial charge in [-0.3, -0.25) is 0 Å². The van der Waals surface area contributed by atoms with Crippen LogP contribution in [0.2, 0.25) is 5.02 Å². The van der Waals surface area contributed by atoms with Crippen molar-refractivity contribution >= 4 is 11.6 Å². The molecule has 0 fully saturated rings. The van der Waals surface area contributed by atoms with Gasteiger partial charge in [0.2, 0.25) is 0 Å². The first kappa shape index (κ1) is 12.9. The zero-order valence-corrected chi connectivity index (χ0v) is 11.2. The number of rotatable bonds is 4. The van der Waals surface area contributed by atoms with Crippen LogP contribution in [0.3, 0.4) is 0 Å². The molecule has 18 heavy (non-hydrogen) atoms. The molecule has 1 N–H and O–H groups in total. The summed E-state index contributed by atoms with van der Waals surface area (Å²) in [5.74, 6) is 0.872. The molecule has 94 valence electrons. The van der Waals surface area contributed by atoms with E-state index in [0.29, 0.717) is 0 Å². The number of hydrogen-bond acceptors (Lipinski definition) is 2. The van der Waals surface area contributed by atoms with Gasteiger partial charge in [-0.1, -0.05) is 41.9 Å². The fraction of sp³-hybridized carbons (Fsp3) is 0.200. The maximum Gasteiger partial charge on any atom is 0.123 e. The lowest BCUT2D eigenvalue weighted by Gasteiger charge is -2.20. The maximum atomic E-state index is 6.05. The average Bonchev–Trinajstić information content (AvgIpc) is 2.40. The number of nitrogens with one attached hydrogen (secondary N) is 1. The molecule has 0 radical (unpaired) electrons. The second-order valence-corrected chi connectivity index (χ2v) is 4.46. The fourth-order valence-electron chi connectivity index (χ4n) is 2.09. The van der Waals surface area contributed by atoms with E-state index in [1.165, 1.54) is 0 Å². The summed E-state index contributed by atoms with van der Waals surface area (Å²) in [6, 6.07) is 15.9. The lowest BCUT2D eigenvalue weighted by molar-refractivity contribution is 0.405. The smallest absolute Gasteiger partial charge is 0.123 e. The van der Waals surface area contributed by atoms with Crippen LogP contribution >= 0.6 is 11.6 Å². The molecule has 0 heterocycles. The van der Waals surface area contributed by atoms with E-state index < -0.39 is 0 Å². The number of para-hydroxylation sites is 1. The van der Waals surface area contributed by atoms with Gasteiger partial charge >= 0.3 is 0 Å². The number of benzene rings is 2. The third-order valence-electron chi connectivity index (χ3n) is 2.92. The maximum absolute atomic E-state index is 6.05. The van der Waals surface area contributed by atoms with Gasteiger partial charge in [-0.15, -0.1) is 0 Å². The normalized spacial score (nSPS) is 12.2. The molecule has 0 bridgehead atoms. The average molecular weight is 262 g/mol. The highest BCUT2D eigenvalue weighted by atomic mass is 35.5. The fourth-order valence-corrected chi connectivity index (χ4v) is 2.29. The minimum Gasteiger partial charge on any atom is -0.496 e. The first-order valence-electron chi connectivity index (χ1n) is 5.82. The molecule has 0 aliphatic heterocycles. The Bertz CT molecular complexity index is 527. The van der Waals surface area contributed by atoms with Crippen molar-refractivity contribution in [2.75, 3.05) is 14.2 Å². The Hall–Kier alpha value is -1.51. The van der Waals surface area contributed by atoms with E-state index >= 15 is 0 Å². The predicted molar refractivity (Wildman–Crippen MR) is 75.3 cm³/mol. The van der Waals surface area contributed by atoms with Crippen molar-refractivity contribution in [2.45, 2.75) is 6.04 Å². The van der Waals surface area contributed by atoms with E-state index in [2.05, 4.69) is 17.4 Å². The van der Waals surface area contributed by atoms with Gasteiger partial charge in [-0.2, -0.15) is 0 Å². The Morgan fingerprint density at radius 2 is 1.89 bits per heavy atom. The molecule has 0 saturated heterocycles. The van der Waals surface area contributed by atoms with Crippen molar-refractivity contribution in [2.24, 2.45) is 0 Å². The van der Waals surface area contributed by atoms with Gasteiger partial charge in [0, 0.05) is 10.6 Å². The molecule has 2 aromatic rings. The standard InChI is InChI=1S/C15H16ClNO/c1-17-15(11-6-5-7-12(16)10-11)13-8-3-4-9-14(13)18-2/h3-10,15,17H,1-2H3. The zero-order valence-electron chi connectivity index (χ0n) is 10.5. The van der Waals surface area contributed by atoms with Crippen molar-refractivity contribution in [1.29, 1.82) is 0 Å².